The van der Waals surface area contributed by atoms with Gasteiger partial charge in [0.2, 0.25) is 0 Å². The predicted octanol–water partition coefficient (Wildman–Crippen LogP) is 14.3. The van der Waals surface area contributed by atoms with Gasteiger partial charge in [-0.3, -0.25) is 4.99 Å². The Morgan fingerprint density at radius 2 is 1.08 bits per heavy atom. The highest BCUT2D eigenvalue weighted by atomic mass is 16.5. The van der Waals surface area contributed by atoms with Crippen molar-refractivity contribution in [2.75, 3.05) is 0 Å². The van der Waals surface area contributed by atoms with Crippen molar-refractivity contribution in [3.8, 4) is 45.0 Å². The molecule has 0 fully saturated rings. The van der Waals surface area contributed by atoms with E-state index in [1.165, 1.54) is 27.6 Å². The molecule has 1 aromatic heterocycles. The zero-order valence-corrected chi connectivity index (χ0v) is 34.7. The molecule has 3 heterocycles. The lowest BCUT2D eigenvalue weighted by atomic mass is 9.66. The first-order valence-electron chi connectivity index (χ1n) is 21.9. The quantitative estimate of drug-likeness (QED) is 0.176. The molecule has 9 aromatic carbocycles. The minimum atomic E-state index is -0.548. The van der Waals surface area contributed by atoms with Crippen LogP contribution in [-0.2, 0) is 5.41 Å². The summed E-state index contributed by atoms with van der Waals surface area (Å²) in [6.45, 7) is 0. The molecular formula is C60H39N3O. The highest BCUT2D eigenvalue weighted by molar-refractivity contribution is 6.19. The zero-order chi connectivity index (χ0) is 42.2. The Morgan fingerprint density at radius 3 is 1.86 bits per heavy atom. The van der Waals surface area contributed by atoms with E-state index in [1.807, 2.05) is 12.1 Å². The Hall–Kier alpha value is -8.34. The van der Waals surface area contributed by atoms with Gasteiger partial charge in [0, 0.05) is 38.5 Å². The second-order valence-corrected chi connectivity index (χ2v) is 16.8. The van der Waals surface area contributed by atoms with E-state index >= 15 is 0 Å². The fourth-order valence-electron chi connectivity index (χ4n) is 10.6. The number of nitrogens with zero attached hydrogens (tertiary/aromatic N) is 2. The van der Waals surface area contributed by atoms with E-state index in [4.69, 9.17) is 14.7 Å². The van der Waals surface area contributed by atoms with Gasteiger partial charge in [-0.25, -0.2) is 4.98 Å². The summed E-state index contributed by atoms with van der Waals surface area (Å²) in [7, 11) is 0. The fourth-order valence-corrected chi connectivity index (χ4v) is 10.6. The number of para-hydroxylation sites is 3. The van der Waals surface area contributed by atoms with Crippen LogP contribution in [0.1, 0.15) is 45.1 Å². The number of hydrogen-bond acceptors (Lipinski definition) is 4. The molecular weight excluding hydrogens is 779 g/mol. The Balaban J connectivity index is 0.938. The van der Waals surface area contributed by atoms with Crippen LogP contribution < -0.4 is 10.1 Å². The maximum Gasteiger partial charge on any atom is 0.145 e. The van der Waals surface area contributed by atoms with Crippen LogP contribution in [0.3, 0.4) is 0 Å². The van der Waals surface area contributed by atoms with Crippen LogP contribution in [0.4, 0.5) is 0 Å². The van der Waals surface area contributed by atoms with Crippen LogP contribution in [-0.4, -0.2) is 10.7 Å². The molecule has 13 rings (SSSR count). The molecule has 0 saturated heterocycles. The van der Waals surface area contributed by atoms with Gasteiger partial charge in [0.25, 0.3) is 0 Å². The molecule has 1 aliphatic carbocycles. The number of aromatic nitrogens is 1. The maximum absolute atomic E-state index is 6.63. The Labute approximate surface area is 371 Å². The molecule has 3 aliphatic rings. The summed E-state index contributed by atoms with van der Waals surface area (Å²) in [5.41, 5.74) is 17.4. The number of hydrogen-bond donors (Lipinski definition) is 1. The molecule has 4 nitrogen and oxygen atoms in total. The molecule has 0 bridgehead atoms. The monoisotopic (exact) mass is 817 g/mol. The van der Waals surface area contributed by atoms with Crippen molar-refractivity contribution in [3.63, 3.8) is 0 Å². The maximum atomic E-state index is 6.63. The summed E-state index contributed by atoms with van der Waals surface area (Å²) in [6.07, 6.45) is 1.97. The second kappa shape index (κ2) is 14.4. The third kappa shape index (κ3) is 5.49. The Kier molecular flexibility index (Phi) is 8.16. The van der Waals surface area contributed by atoms with Crippen LogP contribution in [0.5, 0.6) is 11.5 Å². The summed E-state index contributed by atoms with van der Waals surface area (Å²) in [4.78, 5) is 10.6. The topological polar surface area (TPSA) is 46.5 Å². The number of nitrogens with one attached hydrogen (secondary N) is 1. The number of fused-ring (bicyclic) bond motifs is 13. The van der Waals surface area contributed by atoms with Gasteiger partial charge >= 0.3 is 0 Å². The standard InChI is InChI=1S/C60H39N3O/c1-3-16-39(17-4-1)52-37-53(63-59(62-52)41-18-5-2-6-19-41)43-21-15-20-42(36-43)38-30-32-40(33-31-38)58-46-34-35-50-57(56(46)45-23-8-12-27-51(45)61-58)44-22-7-9-24-47(44)60(50)48-25-10-13-28-54(48)64-55-29-14-11-26-49(55)60/h1-37,59,63H. The Bertz CT molecular complexity index is 3510. The Morgan fingerprint density at radius 1 is 0.453 bits per heavy atom. The van der Waals surface area contributed by atoms with Gasteiger partial charge in [-0.1, -0.05) is 194 Å². The van der Waals surface area contributed by atoms with E-state index in [1.54, 1.807) is 0 Å². The van der Waals surface area contributed by atoms with Gasteiger partial charge < -0.3 is 10.1 Å². The average molecular weight is 818 g/mol. The largest absolute Gasteiger partial charge is 0.457 e. The van der Waals surface area contributed by atoms with Gasteiger partial charge in [0.1, 0.15) is 17.7 Å². The smallest absolute Gasteiger partial charge is 0.145 e. The SMILES string of the molecule is C1=C(c2cccc(-c3ccc(-c4nc5ccccc5c5c6c(ccc45)C4(c5ccccc5Oc5ccccc54)c4ccccc4-6)cc3)c2)NC(c2ccccc2)N=C1c1ccccc1. The molecule has 0 radical (unpaired) electrons. The van der Waals surface area contributed by atoms with Crippen molar-refractivity contribution in [2.45, 2.75) is 11.6 Å². The number of ether oxygens (including phenoxy) is 1. The highest BCUT2D eigenvalue weighted by Crippen LogP contribution is 2.63. The molecule has 0 saturated carbocycles. The van der Waals surface area contributed by atoms with Crippen molar-refractivity contribution < 1.29 is 4.74 Å². The lowest BCUT2D eigenvalue weighted by Crippen LogP contribution is -2.32. The van der Waals surface area contributed by atoms with Gasteiger partial charge in [0.05, 0.1) is 22.3 Å². The van der Waals surface area contributed by atoms with Gasteiger partial charge in [-0.2, -0.15) is 0 Å². The van der Waals surface area contributed by atoms with Crippen molar-refractivity contribution in [1.82, 2.24) is 10.3 Å². The average Bonchev–Trinajstić information content (AvgIpc) is 3.67. The third-order valence-corrected chi connectivity index (χ3v) is 13.4. The van der Waals surface area contributed by atoms with Crippen molar-refractivity contribution in [3.05, 3.63) is 263 Å². The summed E-state index contributed by atoms with van der Waals surface area (Å²) >= 11 is 0. The van der Waals surface area contributed by atoms with E-state index in [9.17, 15) is 0 Å². The van der Waals surface area contributed by atoms with E-state index in [0.717, 1.165) is 89.4 Å². The normalized spacial score (nSPS) is 15.3. The lowest BCUT2D eigenvalue weighted by molar-refractivity contribution is 0.436. The van der Waals surface area contributed by atoms with Crippen molar-refractivity contribution in [1.29, 1.82) is 0 Å². The summed E-state index contributed by atoms with van der Waals surface area (Å²) in [5, 5.41) is 7.24. The van der Waals surface area contributed by atoms with Crippen molar-refractivity contribution in [2.24, 2.45) is 4.99 Å². The number of pyridine rings is 1. The summed E-state index contributed by atoms with van der Waals surface area (Å²) in [5.74, 6) is 1.78. The number of aliphatic imine (C=N–C) groups is 1. The number of allylic oxidation sites excluding steroid dienone is 1. The van der Waals surface area contributed by atoms with Crippen molar-refractivity contribution >= 4 is 33.1 Å². The molecule has 0 amide bonds. The predicted molar refractivity (Wildman–Crippen MR) is 261 cm³/mol. The molecule has 64 heavy (non-hydrogen) atoms. The molecule has 1 N–H and O–H groups in total. The van der Waals surface area contributed by atoms with Crippen LogP contribution in [0.15, 0.2) is 229 Å². The summed E-state index contributed by atoms with van der Waals surface area (Å²) < 4.78 is 6.63. The first kappa shape index (κ1) is 36.3. The second-order valence-electron chi connectivity index (χ2n) is 16.8. The molecule has 10 aromatic rings. The van der Waals surface area contributed by atoms with E-state index < -0.39 is 5.41 Å². The highest BCUT2D eigenvalue weighted by Gasteiger charge is 2.51. The molecule has 2 aliphatic heterocycles. The number of benzene rings is 9. The molecule has 1 spiro atoms. The van der Waals surface area contributed by atoms with Crippen LogP contribution in [0.2, 0.25) is 0 Å². The molecule has 1 atom stereocenters. The summed E-state index contributed by atoms with van der Waals surface area (Å²) in [6, 6.07) is 78.0. The third-order valence-electron chi connectivity index (χ3n) is 13.4. The van der Waals surface area contributed by atoms with Crippen LogP contribution >= 0.6 is 0 Å². The molecule has 1 unspecified atom stereocenters. The molecule has 4 heteroatoms. The minimum Gasteiger partial charge on any atom is -0.457 e. The van der Waals surface area contributed by atoms with Gasteiger partial charge in [-0.15, -0.1) is 0 Å². The van der Waals surface area contributed by atoms with Crippen LogP contribution in [0, 0.1) is 0 Å². The van der Waals surface area contributed by atoms with E-state index in [2.05, 4.69) is 218 Å². The molecule has 300 valence electrons. The van der Waals surface area contributed by atoms with E-state index in [0.29, 0.717) is 0 Å². The zero-order valence-electron chi connectivity index (χ0n) is 34.7. The minimum absolute atomic E-state index is 0.202. The first-order chi connectivity index (χ1) is 31.7. The van der Waals surface area contributed by atoms with Crippen LogP contribution in [0.25, 0.3) is 60.9 Å². The first-order valence-corrected chi connectivity index (χ1v) is 21.9. The lowest BCUT2D eigenvalue weighted by Gasteiger charge is -2.39. The number of rotatable bonds is 5. The van der Waals surface area contributed by atoms with Gasteiger partial charge in [0.15, 0.2) is 0 Å². The van der Waals surface area contributed by atoms with Gasteiger partial charge in [-0.05, 0) is 80.4 Å². The fraction of sp³-hybridized carbons (Fsp3) is 0.0333. The van der Waals surface area contributed by atoms with E-state index in [-0.39, 0.29) is 6.17 Å².